The quantitative estimate of drug-likeness (QED) is 0.248. The van der Waals surface area contributed by atoms with Crippen molar-refractivity contribution in [2.24, 2.45) is 44.3 Å². The van der Waals surface area contributed by atoms with Crippen molar-refractivity contribution in [3.05, 3.63) is 11.1 Å². The predicted octanol–water partition coefficient (Wildman–Crippen LogP) is 6.97. The SMILES string of the molecule is CC1(C)CC[C@]2(C(=O)N3CCS(=O)(=O)CC3)CC[C@]3(C)C(=C2C1)CC[C@@H]1[C@@]2(C)CC[C@H](OC(=O)CCC(=O)O)C(C)(C)[C@@H]2CC[C@]13C. The van der Waals surface area contributed by atoms with Gasteiger partial charge in [-0.05, 0) is 104 Å². The van der Waals surface area contributed by atoms with Crippen molar-refractivity contribution >= 4 is 27.7 Å². The summed E-state index contributed by atoms with van der Waals surface area (Å²) >= 11 is 0. The van der Waals surface area contributed by atoms with Gasteiger partial charge in [0.1, 0.15) is 6.10 Å². The Hall–Kier alpha value is -1.90. The van der Waals surface area contributed by atoms with Gasteiger partial charge in [0.05, 0.1) is 29.8 Å². The first-order chi connectivity index (χ1) is 21.7. The monoisotopic (exact) mass is 673 g/mol. The lowest BCUT2D eigenvalue weighted by atomic mass is 9.34. The molecule has 5 aliphatic carbocycles. The van der Waals surface area contributed by atoms with E-state index in [4.69, 9.17) is 9.84 Å². The minimum atomic E-state index is -3.07. The lowest BCUT2D eigenvalue weighted by molar-refractivity contribution is -0.214. The molecule has 8 nitrogen and oxygen atoms in total. The van der Waals surface area contributed by atoms with Crippen molar-refractivity contribution < 1.29 is 32.6 Å². The van der Waals surface area contributed by atoms with E-state index in [1.807, 2.05) is 4.90 Å². The lowest BCUT2D eigenvalue weighted by Crippen LogP contribution is -2.65. The number of carboxylic acids is 1. The Labute approximate surface area is 282 Å². The Morgan fingerprint density at radius 1 is 0.809 bits per heavy atom. The Balaban J connectivity index is 1.32. The molecule has 0 aromatic heterocycles. The standard InChI is InChI=1S/C38H59NO7S/c1-33(2)16-18-38(32(43)39-20-22-47(44,45)23-21-39)19-17-36(6)25(26(38)24-33)8-9-28-35(5)14-13-29(46-31(42)11-10-30(40)41)34(3,4)27(35)12-15-37(28,36)7/h27-29H,8-24H2,1-7H3,(H,40,41)/t27-,28+,29-,35-,36+,37+,38-/m0/s1. The minimum Gasteiger partial charge on any atom is -0.481 e. The molecule has 6 rings (SSSR count). The highest BCUT2D eigenvalue weighted by atomic mass is 32.2. The molecule has 1 N–H and O–H groups in total. The Morgan fingerprint density at radius 3 is 2.13 bits per heavy atom. The van der Waals surface area contributed by atoms with E-state index in [1.165, 1.54) is 5.57 Å². The third kappa shape index (κ3) is 5.42. The number of aliphatic carboxylic acids is 1. The summed E-state index contributed by atoms with van der Waals surface area (Å²) < 4.78 is 30.5. The van der Waals surface area contributed by atoms with Gasteiger partial charge in [-0.2, -0.15) is 0 Å². The van der Waals surface area contributed by atoms with Gasteiger partial charge >= 0.3 is 11.9 Å². The van der Waals surface area contributed by atoms with Gasteiger partial charge in [-0.15, -0.1) is 0 Å². The molecule has 0 aromatic carbocycles. The van der Waals surface area contributed by atoms with Crippen molar-refractivity contribution in [2.45, 2.75) is 138 Å². The number of hydrogen-bond donors (Lipinski definition) is 1. The molecule has 0 radical (unpaired) electrons. The summed E-state index contributed by atoms with van der Waals surface area (Å²) in [6.45, 7) is 17.5. The molecule has 9 heteroatoms. The topological polar surface area (TPSA) is 118 Å². The number of esters is 1. The van der Waals surface area contributed by atoms with Crippen LogP contribution in [0.4, 0.5) is 0 Å². The van der Waals surface area contributed by atoms with Crippen LogP contribution in [0.15, 0.2) is 11.1 Å². The molecular weight excluding hydrogens is 614 g/mol. The Kier molecular flexibility index (Phi) is 8.41. The van der Waals surface area contributed by atoms with Crippen LogP contribution < -0.4 is 0 Å². The van der Waals surface area contributed by atoms with E-state index in [0.29, 0.717) is 24.9 Å². The number of sulfone groups is 1. The van der Waals surface area contributed by atoms with Gasteiger partial charge in [0.25, 0.3) is 0 Å². The average molecular weight is 674 g/mol. The highest BCUT2D eigenvalue weighted by molar-refractivity contribution is 7.91. The number of nitrogens with zero attached hydrogens (tertiary/aromatic N) is 1. The fourth-order valence-corrected chi connectivity index (χ4v) is 13.6. The second-order valence-corrected chi connectivity index (χ2v) is 20.8. The second-order valence-electron chi connectivity index (χ2n) is 18.5. The summed E-state index contributed by atoms with van der Waals surface area (Å²) in [7, 11) is -3.07. The molecule has 0 unspecified atom stereocenters. The fourth-order valence-electron chi connectivity index (χ4n) is 12.4. The van der Waals surface area contributed by atoms with E-state index < -0.39 is 27.2 Å². The summed E-state index contributed by atoms with van der Waals surface area (Å²) in [6, 6.07) is 0. The van der Waals surface area contributed by atoms with E-state index in [9.17, 15) is 22.8 Å². The van der Waals surface area contributed by atoms with Crippen LogP contribution in [0.25, 0.3) is 0 Å². The van der Waals surface area contributed by atoms with Gasteiger partial charge in [0.15, 0.2) is 9.84 Å². The number of carbonyl (C=O) groups is 3. The number of ether oxygens (including phenoxy) is 1. The number of allylic oxidation sites excluding steroid dienone is 1. The zero-order valence-electron chi connectivity index (χ0n) is 30.0. The van der Waals surface area contributed by atoms with Gasteiger partial charge in [-0.3, -0.25) is 14.4 Å². The summed E-state index contributed by atoms with van der Waals surface area (Å²) in [5, 5.41) is 9.05. The molecule has 0 spiro atoms. The number of rotatable bonds is 5. The largest absolute Gasteiger partial charge is 0.481 e. The molecule has 1 saturated heterocycles. The first-order valence-corrected chi connectivity index (χ1v) is 20.2. The molecule has 1 aliphatic heterocycles. The van der Waals surface area contributed by atoms with Crippen LogP contribution in [0.3, 0.4) is 0 Å². The van der Waals surface area contributed by atoms with Crippen LogP contribution in [0.5, 0.6) is 0 Å². The van der Waals surface area contributed by atoms with Crippen molar-refractivity contribution in [3.63, 3.8) is 0 Å². The molecule has 0 bridgehead atoms. The zero-order chi connectivity index (χ0) is 34.4. The number of amides is 1. The van der Waals surface area contributed by atoms with E-state index >= 15 is 0 Å². The van der Waals surface area contributed by atoms with E-state index in [0.717, 1.165) is 70.6 Å². The number of hydrogen-bond acceptors (Lipinski definition) is 6. The average Bonchev–Trinajstić information content (AvgIpc) is 2.97. The van der Waals surface area contributed by atoms with Crippen molar-refractivity contribution in [2.75, 3.05) is 24.6 Å². The zero-order valence-corrected chi connectivity index (χ0v) is 30.8. The number of carbonyl (C=O) groups excluding carboxylic acids is 2. The maximum Gasteiger partial charge on any atom is 0.306 e. The van der Waals surface area contributed by atoms with E-state index in [2.05, 4.69) is 48.5 Å². The Bertz CT molecular complexity index is 1470. The van der Waals surface area contributed by atoms with Gasteiger partial charge in [-0.1, -0.05) is 59.6 Å². The van der Waals surface area contributed by atoms with Crippen LogP contribution in [0, 0.1) is 44.3 Å². The summed E-state index contributed by atoms with van der Waals surface area (Å²) in [6.07, 6.45) is 10.2. The smallest absolute Gasteiger partial charge is 0.306 e. The maximum atomic E-state index is 14.6. The van der Waals surface area contributed by atoms with E-state index in [1.54, 1.807) is 5.57 Å². The van der Waals surface area contributed by atoms with Gasteiger partial charge < -0.3 is 14.7 Å². The summed E-state index contributed by atoms with van der Waals surface area (Å²) in [5.74, 6) is -0.147. The van der Waals surface area contributed by atoms with Crippen LogP contribution in [0.2, 0.25) is 0 Å². The molecule has 47 heavy (non-hydrogen) atoms. The first kappa shape index (κ1) is 34.9. The van der Waals surface area contributed by atoms with Crippen LogP contribution in [0.1, 0.15) is 132 Å². The molecule has 6 aliphatic rings. The predicted molar refractivity (Wildman–Crippen MR) is 181 cm³/mol. The highest BCUT2D eigenvalue weighted by Gasteiger charge is 2.68. The Morgan fingerprint density at radius 2 is 1.47 bits per heavy atom. The highest BCUT2D eigenvalue weighted by Crippen LogP contribution is 2.75. The molecule has 1 amide bonds. The van der Waals surface area contributed by atoms with Gasteiger partial charge in [0.2, 0.25) is 5.91 Å². The first-order valence-electron chi connectivity index (χ1n) is 18.3. The van der Waals surface area contributed by atoms with Crippen molar-refractivity contribution in [3.8, 4) is 0 Å². The molecule has 7 atom stereocenters. The summed E-state index contributed by atoms with van der Waals surface area (Å²) in [4.78, 5) is 40.2. The van der Waals surface area contributed by atoms with Gasteiger partial charge in [0, 0.05) is 18.5 Å². The third-order valence-electron chi connectivity index (χ3n) is 15.3. The van der Waals surface area contributed by atoms with Gasteiger partial charge in [-0.25, -0.2) is 8.42 Å². The molecular formula is C38H59NO7S. The van der Waals surface area contributed by atoms with Crippen molar-refractivity contribution in [1.82, 2.24) is 4.90 Å². The lowest BCUT2D eigenvalue weighted by Gasteiger charge is -2.71. The van der Waals surface area contributed by atoms with Crippen LogP contribution >= 0.6 is 0 Å². The normalized spacial score (nSPS) is 41.9. The van der Waals surface area contributed by atoms with Crippen LogP contribution in [-0.2, 0) is 29.0 Å². The maximum absolute atomic E-state index is 14.6. The number of carboxylic acid groups (broad SMARTS) is 1. The molecule has 4 saturated carbocycles. The second kappa shape index (κ2) is 11.3. The summed E-state index contributed by atoms with van der Waals surface area (Å²) in [5.41, 5.74) is 2.54. The van der Waals surface area contributed by atoms with Crippen molar-refractivity contribution in [1.29, 1.82) is 0 Å². The molecule has 5 fully saturated rings. The van der Waals surface area contributed by atoms with E-state index in [-0.39, 0.29) is 63.4 Å². The third-order valence-corrected chi connectivity index (χ3v) is 16.9. The molecule has 0 aromatic rings. The minimum absolute atomic E-state index is 0.00798. The molecule has 1 heterocycles. The molecule has 264 valence electrons. The van der Waals surface area contributed by atoms with Crippen LogP contribution in [-0.4, -0.2) is 67.0 Å². The number of fused-ring (bicyclic) bond motifs is 6. The fraction of sp³-hybridized carbons (Fsp3) is 0.868.